The SMILES string of the molecule is CCCOC(=O)/C=C\C(=O)OC(O)(O)O. The number of hydrogen-bond acceptors (Lipinski definition) is 7. The van der Waals surface area contributed by atoms with Crippen molar-refractivity contribution in [1.82, 2.24) is 0 Å². The molecule has 0 atom stereocenters. The third-order valence-corrected chi connectivity index (χ3v) is 1.04. The Hall–Kier alpha value is -1.44. The van der Waals surface area contributed by atoms with Crippen molar-refractivity contribution in [3.63, 3.8) is 0 Å². The molecule has 0 spiro atoms. The van der Waals surface area contributed by atoms with Crippen LogP contribution >= 0.6 is 0 Å². The molecule has 7 heteroatoms. The first kappa shape index (κ1) is 13.6. The molecule has 86 valence electrons. The smallest absolute Gasteiger partial charge is 0.455 e. The highest BCUT2D eigenvalue weighted by molar-refractivity contribution is 5.91. The second kappa shape index (κ2) is 6.12. The van der Waals surface area contributed by atoms with E-state index in [1.165, 1.54) is 0 Å². The molecule has 0 aliphatic rings. The van der Waals surface area contributed by atoms with Crippen molar-refractivity contribution in [1.29, 1.82) is 0 Å². The minimum Gasteiger partial charge on any atom is -0.463 e. The van der Waals surface area contributed by atoms with Gasteiger partial charge in [-0.05, 0) is 6.42 Å². The molecule has 0 amide bonds. The molecule has 7 nitrogen and oxygen atoms in total. The van der Waals surface area contributed by atoms with E-state index >= 15 is 0 Å². The Morgan fingerprint density at radius 1 is 1.20 bits per heavy atom. The summed E-state index contributed by atoms with van der Waals surface area (Å²) in [6.45, 7) is 2.01. The topological polar surface area (TPSA) is 113 Å². The summed E-state index contributed by atoms with van der Waals surface area (Å²) in [6.07, 6.45) is -1.58. The quantitative estimate of drug-likeness (QED) is 0.297. The van der Waals surface area contributed by atoms with E-state index in [1.54, 1.807) is 6.92 Å². The Kier molecular flexibility index (Phi) is 5.53. The Morgan fingerprint density at radius 2 is 1.73 bits per heavy atom. The molecule has 15 heavy (non-hydrogen) atoms. The van der Waals surface area contributed by atoms with Gasteiger partial charge in [0.15, 0.2) is 0 Å². The molecule has 0 aromatic rings. The molecule has 0 aliphatic heterocycles. The van der Waals surface area contributed by atoms with E-state index in [4.69, 9.17) is 15.3 Å². The first-order valence-corrected chi connectivity index (χ1v) is 4.10. The number of carbonyl (C=O) groups is 2. The normalized spacial score (nSPS) is 11.5. The van der Waals surface area contributed by atoms with Gasteiger partial charge in [-0.15, -0.1) is 0 Å². The van der Waals surface area contributed by atoms with E-state index < -0.39 is 18.1 Å². The van der Waals surface area contributed by atoms with Crippen LogP contribution in [0.1, 0.15) is 13.3 Å². The summed E-state index contributed by atoms with van der Waals surface area (Å²) in [7, 11) is 0. The first-order valence-electron chi connectivity index (χ1n) is 4.10. The maximum Gasteiger partial charge on any atom is 0.455 e. The van der Waals surface area contributed by atoms with Crippen molar-refractivity contribution in [3.8, 4) is 0 Å². The molecular weight excluding hydrogens is 208 g/mol. The molecule has 0 aromatic carbocycles. The molecule has 0 radical (unpaired) electrons. The molecule has 0 aromatic heterocycles. The van der Waals surface area contributed by atoms with Crippen LogP contribution in [-0.2, 0) is 19.1 Å². The predicted molar refractivity (Wildman–Crippen MR) is 45.9 cm³/mol. The highest BCUT2D eigenvalue weighted by Gasteiger charge is 2.23. The molecule has 0 saturated heterocycles. The summed E-state index contributed by atoms with van der Waals surface area (Å²) in [5.74, 6) is -2.07. The third kappa shape index (κ3) is 8.88. The van der Waals surface area contributed by atoms with Crippen molar-refractivity contribution in [2.45, 2.75) is 19.5 Å². The molecule has 0 fully saturated rings. The summed E-state index contributed by atoms with van der Waals surface area (Å²) in [5.41, 5.74) is 0. The lowest BCUT2D eigenvalue weighted by molar-refractivity contribution is -0.434. The molecule has 0 heterocycles. The fourth-order valence-electron chi connectivity index (χ4n) is 0.556. The number of ether oxygens (including phenoxy) is 2. The number of rotatable bonds is 5. The standard InChI is InChI=1S/C8H12O7/c1-2-5-14-6(9)3-4-7(10)15-8(11,12)13/h3-4,11-13H,2,5H2,1H3/b4-3-. The van der Waals surface area contributed by atoms with E-state index in [9.17, 15) is 9.59 Å². The average Bonchev–Trinajstić information content (AvgIpc) is 2.08. The Labute approximate surface area is 85.5 Å². The van der Waals surface area contributed by atoms with Crippen molar-refractivity contribution >= 4 is 11.9 Å². The predicted octanol–water partition coefficient (Wildman–Crippen LogP) is -1.37. The third-order valence-electron chi connectivity index (χ3n) is 1.04. The highest BCUT2D eigenvalue weighted by atomic mass is 16.9. The second-order valence-electron chi connectivity index (χ2n) is 2.50. The lowest BCUT2D eigenvalue weighted by Gasteiger charge is -2.11. The monoisotopic (exact) mass is 220 g/mol. The van der Waals surface area contributed by atoms with Crippen LogP contribution in [0.15, 0.2) is 12.2 Å². The molecule has 3 N–H and O–H groups in total. The van der Waals surface area contributed by atoms with Gasteiger partial charge in [-0.1, -0.05) is 6.92 Å². The Morgan fingerprint density at radius 3 is 2.20 bits per heavy atom. The van der Waals surface area contributed by atoms with Gasteiger partial charge in [0.05, 0.1) is 6.61 Å². The maximum absolute atomic E-state index is 10.8. The van der Waals surface area contributed by atoms with Crippen LogP contribution in [0.25, 0.3) is 0 Å². The minimum atomic E-state index is -3.55. The fourth-order valence-corrected chi connectivity index (χ4v) is 0.556. The van der Waals surface area contributed by atoms with E-state index in [2.05, 4.69) is 9.47 Å². The summed E-state index contributed by atoms with van der Waals surface area (Å²) in [5, 5.41) is 24.6. The van der Waals surface area contributed by atoms with Gasteiger partial charge in [-0.2, -0.15) is 0 Å². The van der Waals surface area contributed by atoms with Crippen molar-refractivity contribution in [2.75, 3.05) is 6.61 Å². The number of esters is 2. The molecule has 0 unspecified atom stereocenters. The van der Waals surface area contributed by atoms with Crippen LogP contribution in [0.4, 0.5) is 0 Å². The van der Waals surface area contributed by atoms with Gasteiger partial charge in [0, 0.05) is 12.2 Å². The number of aliphatic hydroxyl groups is 3. The summed E-state index contributed by atoms with van der Waals surface area (Å²) in [6, 6.07) is 0. The minimum absolute atomic E-state index is 0.210. The Balaban J connectivity index is 3.95. The zero-order chi connectivity index (χ0) is 11.9. The van der Waals surface area contributed by atoms with Gasteiger partial charge in [-0.3, -0.25) is 0 Å². The zero-order valence-electron chi connectivity index (χ0n) is 8.04. The highest BCUT2D eigenvalue weighted by Crippen LogP contribution is 1.96. The van der Waals surface area contributed by atoms with Crippen molar-refractivity contribution in [2.24, 2.45) is 0 Å². The number of hydrogen-bond donors (Lipinski definition) is 3. The van der Waals surface area contributed by atoms with Crippen LogP contribution in [-0.4, -0.2) is 40.0 Å². The van der Waals surface area contributed by atoms with Gasteiger partial charge < -0.3 is 24.8 Å². The zero-order valence-corrected chi connectivity index (χ0v) is 8.04. The van der Waals surface area contributed by atoms with E-state index in [1.807, 2.05) is 0 Å². The second-order valence-corrected chi connectivity index (χ2v) is 2.50. The maximum atomic E-state index is 10.8. The van der Waals surface area contributed by atoms with Gasteiger partial charge in [0.1, 0.15) is 0 Å². The first-order chi connectivity index (χ1) is 6.85. The molecule has 0 aliphatic carbocycles. The largest absolute Gasteiger partial charge is 0.463 e. The van der Waals surface area contributed by atoms with E-state index in [0.29, 0.717) is 12.5 Å². The molecule has 0 rings (SSSR count). The number of carbonyl (C=O) groups excluding carboxylic acids is 2. The van der Waals surface area contributed by atoms with Crippen LogP contribution in [0.3, 0.4) is 0 Å². The molecule has 0 bridgehead atoms. The lowest BCUT2D eigenvalue weighted by atomic mass is 10.5. The fraction of sp³-hybridized carbons (Fsp3) is 0.500. The molecule has 0 saturated carbocycles. The van der Waals surface area contributed by atoms with Gasteiger partial charge in [0.25, 0.3) is 0 Å². The van der Waals surface area contributed by atoms with E-state index in [-0.39, 0.29) is 6.61 Å². The lowest BCUT2D eigenvalue weighted by Crippen LogP contribution is -2.33. The summed E-state index contributed by atoms with van der Waals surface area (Å²) < 4.78 is 8.18. The van der Waals surface area contributed by atoms with E-state index in [0.717, 1.165) is 6.08 Å². The van der Waals surface area contributed by atoms with Gasteiger partial charge in [0.2, 0.25) is 0 Å². The summed E-state index contributed by atoms with van der Waals surface area (Å²) in [4.78, 5) is 21.4. The van der Waals surface area contributed by atoms with Crippen LogP contribution in [0.5, 0.6) is 0 Å². The van der Waals surface area contributed by atoms with Crippen LogP contribution in [0.2, 0.25) is 0 Å². The van der Waals surface area contributed by atoms with Crippen molar-refractivity contribution < 1.29 is 34.4 Å². The van der Waals surface area contributed by atoms with Crippen LogP contribution < -0.4 is 0 Å². The van der Waals surface area contributed by atoms with Gasteiger partial charge in [-0.25, -0.2) is 9.59 Å². The van der Waals surface area contributed by atoms with Crippen LogP contribution in [0, 0.1) is 0 Å². The molecular formula is C8H12O7. The Bertz CT molecular complexity index is 250. The average molecular weight is 220 g/mol. The van der Waals surface area contributed by atoms with Gasteiger partial charge >= 0.3 is 18.1 Å². The van der Waals surface area contributed by atoms with Crippen molar-refractivity contribution in [3.05, 3.63) is 12.2 Å². The summed E-state index contributed by atoms with van der Waals surface area (Å²) >= 11 is 0.